The third-order valence-corrected chi connectivity index (χ3v) is 1.86. The molecule has 2 heteroatoms. The van der Waals surface area contributed by atoms with E-state index in [9.17, 15) is 4.79 Å². The normalized spacial score (nSPS) is 9.07. The topological polar surface area (TPSA) is 26.3 Å². The summed E-state index contributed by atoms with van der Waals surface area (Å²) in [4.78, 5) is 9.87. The molecule has 0 fully saturated rings. The SMILES string of the molecule is O=CC#CCCCOCc1ccccc1. The molecule has 0 aliphatic rings. The Labute approximate surface area is 90.3 Å². The third kappa shape index (κ3) is 5.66. The zero-order chi connectivity index (χ0) is 10.8. The summed E-state index contributed by atoms with van der Waals surface area (Å²) in [6.07, 6.45) is 2.20. The van der Waals surface area contributed by atoms with Crippen LogP contribution in [0.4, 0.5) is 0 Å². The van der Waals surface area contributed by atoms with Gasteiger partial charge in [0.15, 0.2) is 6.29 Å². The molecule has 0 aliphatic heterocycles. The molecular weight excluding hydrogens is 188 g/mol. The maximum absolute atomic E-state index is 9.87. The highest BCUT2D eigenvalue weighted by Gasteiger charge is 1.90. The first-order valence-electron chi connectivity index (χ1n) is 4.97. The smallest absolute Gasteiger partial charge is 0.192 e. The average molecular weight is 202 g/mol. The molecular formula is C13H14O2. The second-order valence-corrected chi connectivity index (χ2v) is 3.08. The molecule has 0 atom stereocenters. The lowest BCUT2D eigenvalue weighted by molar-refractivity contribution is -0.103. The van der Waals surface area contributed by atoms with Gasteiger partial charge in [-0.3, -0.25) is 4.79 Å². The number of hydrogen-bond acceptors (Lipinski definition) is 2. The van der Waals surface area contributed by atoms with Gasteiger partial charge in [-0.25, -0.2) is 0 Å². The minimum absolute atomic E-state index is 0.616. The van der Waals surface area contributed by atoms with Gasteiger partial charge in [-0.05, 0) is 17.9 Å². The average Bonchev–Trinajstić information content (AvgIpc) is 2.29. The summed E-state index contributed by atoms with van der Waals surface area (Å²) in [6, 6.07) is 10.0. The van der Waals surface area contributed by atoms with Crippen LogP contribution in [0.25, 0.3) is 0 Å². The number of unbranched alkanes of at least 4 members (excludes halogenated alkanes) is 1. The lowest BCUT2D eigenvalue weighted by Gasteiger charge is -2.02. The summed E-state index contributed by atoms with van der Waals surface area (Å²) in [5, 5.41) is 0. The van der Waals surface area contributed by atoms with Gasteiger partial charge in [0.25, 0.3) is 0 Å². The fourth-order valence-corrected chi connectivity index (χ4v) is 1.14. The maximum atomic E-state index is 9.87. The molecule has 0 aliphatic carbocycles. The second-order valence-electron chi connectivity index (χ2n) is 3.08. The summed E-state index contributed by atoms with van der Waals surface area (Å²) >= 11 is 0. The Morgan fingerprint density at radius 1 is 1.27 bits per heavy atom. The van der Waals surface area contributed by atoms with Crippen molar-refractivity contribution >= 4 is 6.29 Å². The van der Waals surface area contributed by atoms with Crippen LogP contribution in [0.2, 0.25) is 0 Å². The predicted molar refractivity (Wildman–Crippen MR) is 59.2 cm³/mol. The second kappa shape index (κ2) is 7.78. The van der Waals surface area contributed by atoms with Crippen molar-refractivity contribution in [3.05, 3.63) is 35.9 Å². The van der Waals surface area contributed by atoms with Crippen LogP contribution in [0, 0.1) is 11.8 Å². The molecule has 1 aromatic rings. The van der Waals surface area contributed by atoms with Crippen LogP contribution in [0.1, 0.15) is 18.4 Å². The molecule has 0 heterocycles. The Balaban J connectivity index is 2.05. The van der Waals surface area contributed by atoms with Crippen molar-refractivity contribution in [3.8, 4) is 11.8 Å². The fourth-order valence-electron chi connectivity index (χ4n) is 1.14. The van der Waals surface area contributed by atoms with E-state index in [4.69, 9.17) is 4.74 Å². The molecule has 0 aromatic heterocycles. The van der Waals surface area contributed by atoms with E-state index >= 15 is 0 Å². The molecule has 1 aromatic carbocycles. The first-order valence-corrected chi connectivity index (χ1v) is 4.97. The van der Waals surface area contributed by atoms with Crippen LogP contribution in [0.5, 0.6) is 0 Å². The fraction of sp³-hybridized carbons (Fsp3) is 0.308. The minimum atomic E-state index is 0.616. The van der Waals surface area contributed by atoms with Crippen molar-refractivity contribution in [2.24, 2.45) is 0 Å². The Morgan fingerprint density at radius 3 is 2.80 bits per heavy atom. The number of carbonyl (C=O) groups excluding carboxylic acids is 1. The number of ether oxygens (including phenoxy) is 1. The maximum Gasteiger partial charge on any atom is 0.192 e. The summed E-state index contributed by atoms with van der Waals surface area (Å²) in [5.41, 5.74) is 1.18. The van der Waals surface area contributed by atoms with Crippen LogP contribution in [0.3, 0.4) is 0 Å². The van der Waals surface area contributed by atoms with Gasteiger partial charge < -0.3 is 4.74 Å². The van der Waals surface area contributed by atoms with Gasteiger partial charge in [-0.1, -0.05) is 36.3 Å². The summed E-state index contributed by atoms with van der Waals surface area (Å²) in [5.74, 6) is 5.11. The lowest BCUT2D eigenvalue weighted by Crippen LogP contribution is -1.94. The van der Waals surface area contributed by atoms with Crippen molar-refractivity contribution in [2.75, 3.05) is 6.61 Å². The van der Waals surface area contributed by atoms with Gasteiger partial charge >= 0.3 is 0 Å². The molecule has 0 bridgehead atoms. The molecule has 1 rings (SSSR count). The van der Waals surface area contributed by atoms with E-state index in [1.165, 1.54) is 5.56 Å². The summed E-state index contributed by atoms with van der Waals surface area (Å²) in [6.45, 7) is 1.32. The predicted octanol–water partition coefficient (Wildman–Crippen LogP) is 2.19. The number of hydrogen-bond donors (Lipinski definition) is 0. The molecule has 15 heavy (non-hydrogen) atoms. The number of aldehydes is 1. The van der Waals surface area contributed by atoms with Gasteiger partial charge in [0, 0.05) is 13.0 Å². The van der Waals surface area contributed by atoms with Gasteiger partial charge in [0.1, 0.15) is 0 Å². The molecule has 0 amide bonds. The lowest BCUT2D eigenvalue weighted by atomic mass is 10.2. The zero-order valence-electron chi connectivity index (χ0n) is 8.61. The van der Waals surface area contributed by atoms with Crippen LogP contribution in [-0.4, -0.2) is 12.9 Å². The van der Waals surface area contributed by atoms with Gasteiger partial charge in [-0.2, -0.15) is 0 Å². The summed E-state index contributed by atoms with van der Waals surface area (Å²) in [7, 11) is 0. The summed E-state index contributed by atoms with van der Waals surface area (Å²) < 4.78 is 5.44. The number of rotatable bonds is 5. The monoisotopic (exact) mass is 202 g/mol. The molecule has 2 nitrogen and oxygen atoms in total. The van der Waals surface area contributed by atoms with Crippen molar-refractivity contribution in [1.82, 2.24) is 0 Å². The Morgan fingerprint density at radius 2 is 2.07 bits per heavy atom. The van der Waals surface area contributed by atoms with Crippen LogP contribution in [0.15, 0.2) is 30.3 Å². The Kier molecular flexibility index (Phi) is 5.96. The van der Waals surface area contributed by atoms with Crippen LogP contribution in [-0.2, 0) is 16.1 Å². The molecule has 0 spiro atoms. The van der Waals surface area contributed by atoms with Gasteiger partial charge in [-0.15, -0.1) is 0 Å². The number of benzene rings is 1. The Bertz CT molecular complexity index is 333. The van der Waals surface area contributed by atoms with E-state index in [-0.39, 0.29) is 0 Å². The van der Waals surface area contributed by atoms with Crippen molar-refractivity contribution in [1.29, 1.82) is 0 Å². The van der Waals surface area contributed by atoms with Gasteiger partial charge in [0.05, 0.1) is 6.61 Å². The zero-order valence-corrected chi connectivity index (χ0v) is 8.61. The molecule has 0 N–H and O–H groups in total. The van der Waals surface area contributed by atoms with E-state index in [2.05, 4.69) is 11.8 Å². The van der Waals surface area contributed by atoms with Crippen molar-refractivity contribution in [2.45, 2.75) is 19.4 Å². The van der Waals surface area contributed by atoms with E-state index in [1.807, 2.05) is 30.3 Å². The third-order valence-electron chi connectivity index (χ3n) is 1.86. The van der Waals surface area contributed by atoms with Crippen molar-refractivity contribution in [3.63, 3.8) is 0 Å². The van der Waals surface area contributed by atoms with E-state index in [1.54, 1.807) is 0 Å². The molecule has 0 saturated carbocycles. The highest BCUT2D eigenvalue weighted by Crippen LogP contribution is 2.01. The quantitative estimate of drug-likeness (QED) is 0.415. The molecule has 78 valence electrons. The highest BCUT2D eigenvalue weighted by atomic mass is 16.5. The van der Waals surface area contributed by atoms with Crippen molar-refractivity contribution < 1.29 is 9.53 Å². The number of carbonyl (C=O) groups is 1. The van der Waals surface area contributed by atoms with E-state index in [0.717, 1.165) is 6.42 Å². The minimum Gasteiger partial charge on any atom is -0.377 e. The first kappa shape index (κ1) is 11.5. The highest BCUT2D eigenvalue weighted by molar-refractivity contribution is 5.72. The molecule has 0 radical (unpaired) electrons. The van der Waals surface area contributed by atoms with Crippen LogP contribution < -0.4 is 0 Å². The first-order chi connectivity index (χ1) is 7.43. The van der Waals surface area contributed by atoms with Gasteiger partial charge in [0.2, 0.25) is 0 Å². The standard InChI is InChI=1S/C13H14O2/c14-10-6-1-2-7-11-15-12-13-8-4-3-5-9-13/h3-5,8-10H,2,7,11-12H2. The largest absolute Gasteiger partial charge is 0.377 e. The van der Waals surface area contributed by atoms with Crippen LogP contribution >= 0.6 is 0 Å². The Hall–Kier alpha value is -1.59. The van der Waals surface area contributed by atoms with E-state index in [0.29, 0.717) is 25.9 Å². The van der Waals surface area contributed by atoms with E-state index < -0.39 is 0 Å². The molecule has 0 saturated heterocycles. The molecule has 0 unspecified atom stereocenters.